The number of alkyl halides is 3. The summed E-state index contributed by atoms with van der Waals surface area (Å²) in [6.45, 7) is 8.66. The minimum Gasteiger partial charge on any atom is -0.402 e. The number of benzene rings is 1. The van der Waals surface area contributed by atoms with Crippen LogP contribution in [0.2, 0.25) is 0 Å². The van der Waals surface area contributed by atoms with Gasteiger partial charge < -0.3 is 19.9 Å². The fourth-order valence-electron chi connectivity index (χ4n) is 5.29. The smallest absolute Gasteiger partial charge is 0.402 e. The number of carbonyl (C=O) groups is 1. The molecule has 2 atom stereocenters. The van der Waals surface area contributed by atoms with Gasteiger partial charge in [0, 0.05) is 38.3 Å². The van der Waals surface area contributed by atoms with Crippen molar-refractivity contribution in [3.63, 3.8) is 0 Å². The van der Waals surface area contributed by atoms with E-state index in [1.807, 2.05) is 29.7 Å². The molecule has 0 unspecified atom stereocenters. The molecule has 3 heterocycles. The van der Waals surface area contributed by atoms with Crippen LogP contribution < -0.4 is 15.0 Å². The highest BCUT2D eigenvalue weighted by atomic mass is 19.4. The second-order valence-corrected chi connectivity index (χ2v) is 10.0. The Labute approximate surface area is 215 Å². The van der Waals surface area contributed by atoms with Gasteiger partial charge in [-0.15, -0.1) is 13.2 Å². The molecule has 0 saturated carbocycles. The maximum Gasteiger partial charge on any atom is 0.573 e. The SMILES string of the molecule is C[C@@H]1CN(c2ncc(OC(F)(F)F)cn2)C[C@@H](C)N1C(=O)NCCC1CCN(Cc2ccccc2)CC1. The van der Waals surface area contributed by atoms with Gasteiger partial charge in [0.05, 0.1) is 12.4 Å². The van der Waals surface area contributed by atoms with Gasteiger partial charge in [-0.3, -0.25) is 4.90 Å². The summed E-state index contributed by atoms with van der Waals surface area (Å²) < 4.78 is 40.9. The molecular weight excluding hydrogens is 485 g/mol. The minimum absolute atomic E-state index is 0.0870. The molecule has 2 aliphatic heterocycles. The zero-order chi connectivity index (χ0) is 26.4. The van der Waals surface area contributed by atoms with Crippen molar-refractivity contribution in [1.29, 1.82) is 0 Å². The van der Waals surface area contributed by atoms with E-state index in [4.69, 9.17) is 0 Å². The highest BCUT2D eigenvalue weighted by molar-refractivity contribution is 5.75. The third kappa shape index (κ3) is 7.70. The molecule has 0 bridgehead atoms. The highest BCUT2D eigenvalue weighted by Gasteiger charge is 2.35. The molecule has 1 N–H and O–H groups in total. The summed E-state index contributed by atoms with van der Waals surface area (Å²) in [6.07, 6.45) is 0.481. The van der Waals surface area contributed by atoms with E-state index in [9.17, 15) is 18.0 Å². The summed E-state index contributed by atoms with van der Waals surface area (Å²) in [5, 5.41) is 3.10. The zero-order valence-corrected chi connectivity index (χ0v) is 21.3. The quantitative estimate of drug-likeness (QED) is 0.588. The lowest BCUT2D eigenvalue weighted by molar-refractivity contribution is -0.274. The maximum atomic E-state index is 13.0. The fourth-order valence-corrected chi connectivity index (χ4v) is 5.29. The number of carbonyl (C=O) groups excluding carboxylic acids is 1. The lowest BCUT2D eigenvalue weighted by atomic mass is 9.93. The van der Waals surface area contributed by atoms with Crippen LogP contribution in [0.5, 0.6) is 5.75 Å². The molecule has 0 spiro atoms. The summed E-state index contributed by atoms with van der Waals surface area (Å²) >= 11 is 0. The van der Waals surface area contributed by atoms with Crippen molar-refractivity contribution in [2.24, 2.45) is 5.92 Å². The number of ether oxygens (including phenoxy) is 1. The molecule has 1 aromatic carbocycles. The van der Waals surface area contributed by atoms with E-state index in [-0.39, 0.29) is 18.1 Å². The number of nitrogens with one attached hydrogen (secondary N) is 1. The second-order valence-electron chi connectivity index (χ2n) is 10.0. The van der Waals surface area contributed by atoms with E-state index < -0.39 is 12.1 Å². The standard InChI is InChI=1S/C26H35F3N6O2/c1-19-16-34(24-31-14-23(15-32-24)37-26(27,28)29)17-20(2)35(19)25(36)30-11-8-21-9-12-33(13-10-21)18-22-6-4-3-5-7-22/h3-7,14-15,19-21H,8-13,16-18H2,1-2H3,(H,30,36)/t19-,20-/m1/s1. The number of piperazine rings is 1. The van der Waals surface area contributed by atoms with Crippen LogP contribution >= 0.6 is 0 Å². The van der Waals surface area contributed by atoms with Crippen LogP contribution in [0.15, 0.2) is 42.7 Å². The Morgan fingerprint density at radius 3 is 2.27 bits per heavy atom. The lowest BCUT2D eigenvalue weighted by Crippen LogP contribution is -2.61. The summed E-state index contributed by atoms with van der Waals surface area (Å²) in [5.41, 5.74) is 1.34. The number of halogens is 3. The number of likely N-dealkylation sites (tertiary alicyclic amines) is 1. The second kappa shape index (κ2) is 12.0. The molecule has 2 fully saturated rings. The van der Waals surface area contributed by atoms with Gasteiger partial charge in [-0.05, 0) is 57.7 Å². The molecule has 8 nitrogen and oxygen atoms in total. The first-order valence-corrected chi connectivity index (χ1v) is 12.8. The molecule has 37 heavy (non-hydrogen) atoms. The Bertz CT molecular complexity index is 988. The number of rotatable bonds is 7. The molecule has 11 heteroatoms. The van der Waals surface area contributed by atoms with Gasteiger partial charge in [-0.1, -0.05) is 30.3 Å². The zero-order valence-electron chi connectivity index (χ0n) is 21.3. The van der Waals surface area contributed by atoms with Crippen LogP contribution in [0, 0.1) is 5.92 Å². The highest BCUT2D eigenvalue weighted by Crippen LogP contribution is 2.25. The van der Waals surface area contributed by atoms with E-state index in [0.717, 1.165) is 51.3 Å². The van der Waals surface area contributed by atoms with Gasteiger partial charge in [0.15, 0.2) is 5.75 Å². The van der Waals surface area contributed by atoms with E-state index in [1.165, 1.54) is 5.56 Å². The van der Waals surface area contributed by atoms with E-state index in [0.29, 0.717) is 31.5 Å². The third-order valence-corrected chi connectivity index (χ3v) is 7.07. The van der Waals surface area contributed by atoms with Crippen LogP contribution in [-0.2, 0) is 6.54 Å². The molecule has 2 aromatic rings. The topological polar surface area (TPSA) is 73.8 Å². The Morgan fingerprint density at radius 1 is 1.05 bits per heavy atom. The number of anilines is 1. The van der Waals surface area contributed by atoms with Crippen LogP contribution in [0.1, 0.15) is 38.7 Å². The number of amides is 2. The minimum atomic E-state index is -4.79. The van der Waals surface area contributed by atoms with Crippen LogP contribution in [0.4, 0.5) is 23.9 Å². The first kappa shape index (κ1) is 27.0. The molecule has 2 aliphatic rings. The Kier molecular flexibility index (Phi) is 8.73. The van der Waals surface area contributed by atoms with Crippen molar-refractivity contribution in [2.75, 3.05) is 37.6 Å². The van der Waals surface area contributed by atoms with Crippen LogP contribution in [-0.4, -0.2) is 77.0 Å². The summed E-state index contributed by atoms with van der Waals surface area (Å²) in [4.78, 5) is 27.2. The van der Waals surface area contributed by atoms with Crippen LogP contribution in [0.3, 0.4) is 0 Å². The van der Waals surface area contributed by atoms with Gasteiger partial charge in [-0.25, -0.2) is 14.8 Å². The summed E-state index contributed by atoms with van der Waals surface area (Å²) in [7, 11) is 0. The molecule has 1 aromatic heterocycles. The average Bonchev–Trinajstić information content (AvgIpc) is 2.85. The first-order valence-electron chi connectivity index (χ1n) is 12.8. The number of urea groups is 1. The molecule has 202 valence electrons. The lowest BCUT2D eigenvalue weighted by Gasteiger charge is -2.44. The maximum absolute atomic E-state index is 13.0. The molecule has 4 rings (SSSR count). The fraction of sp³-hybridized carbons (Fsp3) is 0.577. The third-order valence-electron chi connectivity index (χ3n) is 7.07. The van der Waals surface area contributed by atoms with Crippen molar-refractivity contribution in [3.05, 3.63) is 48.3 Å². The molecule has 0 aliphatic carbocycles. The molecule has 2 amide bonds. The molecular formula is C26H35F3N6O2. The summed E-state index contributed by atoms with van der Waals surface area (Å²) in [5.74, 6) is 0.463. The normalized spacial score (nSPS) is 21.6. The van der Waals surface area contributed by atoms with Gasteiger partial charge >= 0.3 is 12.4 Å². The predicted octanol–water partition coefficient (Wildman–Crippen LogP) is 4.29. The molecule has 0 radical (unpaired) electrons. The number of aromatic nitrogens is 2. The first-order chi connectivity index (χ1) is 17.7. The van der Waals surface area contributed by atoms with Crippen molar-refractivity contribution in [1.82, 2.24) is 25.1 Å². The number of hydrogen-bond acceptors (Lipinski definition) is 6. The van der Waals surface area contributed by atoms with Crippen LogP contribution in [0.25, 0.3) is 0 Å². The number of nitrogens with zero attached hydrogens (tertiary/aromatic N) is 5. The van der Waals surface area contributed by atoms with E-state index in [1.54, 1.807) is 0 Å². The van der Waals surface area contributed by atoms with Gasteiger partial charge in [-0.2, -0.15) is 0 Å². The average molecular weight is 521 g/mol. The number of piperidine rings is 1. The van der Waals surface area contributed by atoms with Crippen molar-refractivity contribution in [3.8, 4) is 5.75 Å². The van der Waals surface area contributed by atoms with Crippen molar-refractivity contribution >= 4 is 12.0 Å². The van der Waals surface area contributed by atoms with Gasteiger partial charge in [0.25, 0.3) is 0 Å². The predicted molar refractivity (Wildman–Crippen MR) is 134 cm³/mol. The van der Waals surface area contributed by atoms with Gasteiger partial charge in [0.2, 0.25) is 5.95 Å². The largest absolute Gasteiger partial charge is 0.573 e. The Balaban J connectivity index is 1.19. The Morgan fingerprint density at radius 2 is 1.68 bits per heavy atom. The number of hydrogen-bond donors (Lipinski definition) is 1. The summed E-state index contributed by atoms with van der Waals surface area (Å²) in [6, 6.07) is 10.2. The monoisotopic (exact) mass is 520 g/mol. The van der Waals surface area contributed by atoms with Gasteiger partial charge in [0.1, 0.15) is 0 Å². The molecule has 2 saturated heterocycles. The Hall–Kier alpha value is -3.08. The van der Waals surface area contributed by atoms with E-state index >= 15 is 0 Å². The van der Waals surface area contributed by atoms with Crippen molar-refractivity contribution < 1.29 is 22.7 Å². The van der Waals surface area contributed by atoms with Crippen molar-refractivity contribution in [2.45, 2.75) is 58.1 Å². The van der Waals surface area contributed by atoms with E-state index in [2.05, 4.69) is 49.2 Å².